The molecular formula is C16H18FN3O2. The van der Waals surface area contributed by atoms with Crippen molar-refractivity contribution in [1.29, 1.82) is 0 Å². The molecule has 2 aromatic rings. The molecule has 0 bridgehead atoms. The predicted molar refractivity (Wildman–Crippen MR) is 81.8 cm³/mol. The predicted octanol–water partition coefficient (Wildman–Crippen LogP) is 1.20. The molecule has 1 aliphatic heterocycles. The molecule has 5 nitrogen and oxygen atoms in total. The van der Waals surface area contributed by atoms with Crippen LogP contribution in [0.1, 0.15) is 12.0 Å². The van der Waals surface area contributed by atoms with Crippen LogP contribution in [0.15, 0.2) is 47.4 Å². The van der Waals surface area contributed by atoms with Gasteiger partial charge in [-0.05, 0) is 5.56 Å². The first-order valence-electron chi connectivity index (χ1n) is 7.30. The van der Waals surface area contributed by atoms with Crippen LogP contribution in [-0.2, 0) is 6.54 Å². The fraction of sp³-hybridized carbons (Fsp3) is 0.375. The van der Waals surface area contributed by atoms with E-state index in [4.69, 9.17) is 0 Å². The van der Waals surface area contributed by atoms with E-state index in [0.29, 0.717) is 12.2 Å². The summed E-state index contributed by atoms with van der Waals surface area (Å²) in [6.07, 6.45) is 0.859. The maximum absolute atomic E-state index is 13.5. The molecule has 6 heteroatoms. The Morgan fingerprint density at radius 2 is 2.09 bits per heavy atom. The molecule has 1 aliphatic rings. The van der Waals surface area contributed by atoms with Gasteiger partial charge in [-0.25, -0.2) is 9.07 Å². The highest BCUT2D eigenvalue weighted by Crippen LogP contribution is 2.25. The van der Waals surface area contributed by atoms with E-state index in [2.05, 4.69) is 5.10 Å². The summed E-state index contributed by atoms with van der Waals surface area (Å²) in [7, 11) is 0. The first-order valence-corrected chi connectivity index (χ1v) is 7.30. The summed E-state index contributed by atoms with van der Waals surface area (Å²) in [6, 6.07) is 10.8. The average Bonchev–Trinajstić information content (AvgIpc) is 2.91. The van der Waals surface area contributed by atoms with E-state index >= 15 is 0 Å². The van der Waals surface area contributed by atoms with Crippen LogP contribution in [0, 0.1) is 0 Å². The highest BCUT2D eigenvalue weighted by atomic mass is 19.1. The summed E-state index contributed by atoms with van der Waals surface area (Å²) in [6.45, 7) is 0.456. The van der Waals surface area contributed by atoms with Gasteiger partial charge < -0.3 is 10.0 Å². The number of hydrogen-bond donors (Lipinski definition) is 1. The molecule has 0 spiro atoms. The lowest BCUT2D eigenvalue weighted by molar-refractivity contribution is 0.255. The Morgan fingerprint density at radius 3 is 2.77 bits per heavy atom. The largest absolute Gasteiger partial charge is 0.394 e. The van der Waals surface area contributed by atoms with Crippen LogP contribution in [0.3, 0.4) is 0 Å². The van der Waals surface area contributed by atoms with E-state index in [-0.39, 0.29) is 31.2 Å². The lowest BCUT2D eigenvalue weighted by Crippen LogP contribution is -2.34. The highest BCUT2D eigenvalue weighted by molar-refractivity contribution is 5.46. The first kappa shape index (κ1) is 14.7. The molecule has 22 heavy (non-hydrogen) atoms. The molecule has 0 saturated carbocycles. The van der Waals surface area contributed by atoms with Crippen LogP contribution in [-0.4, -0.2) is 40.3 Å². The van der Waals surface area contributed by atoms with Crippen molar-refractivity contribution < 1.29 is 9.50 Å². The maximum atomic E-state index is 13.5. The lowest BCUT2D eigenvalue weighted by atomic mass is 10.2. The summed E-state index contributed by atoms with van der Waals surface area (Å²) in [5, 5.41) is 13.5. The van der Waals surface area contributed by atoms with Gasteiger partial charge in [-0.1, -0.05) is 30.3 Å². The van der Waals surface area contributed by atoms with Gasteiger partial charge in [-0.2, -0.15) is 5.10 Å². The monoisotopic (exact) mass is 303 g/mol. The average molecular weight is 303 g/mol. The van der Waals surface area contributed by atoms with Gasteiger partial charge in [0.1, 0.15) is 6.17 Å². The normalized spacial score (nSPS) is 21.3. The fourth-order valence-electron chi connectivity index (χ4n) is 2.81. The van der Waals surface area contributed by atoms with Gasteiger partial charge >= 0.3 is 0 Å². The standard InChI is InChI=1S/C16H18FN3O2/c17-13-6-15(11-21)19(10-13)14-7-16(22)20(18-8-14)9-12-4-2-1-3-5-12/h1-5,7-8,13,15,21H,6,9-11H2/t13-,15-/m0/s1. The third-order valence-electron chi connectivity index (χ3n) is 3.94. The number of hydrogen-bond acceptors (Lipinski definition) is 4. The number of anilines is 1. The molecule has 3 rings (SSSR count). The summed E-state index contributed by atoms with van der Waals surface area (Å²) < 4.78 is 14.9. The van der Waals surface area contributed by atoms with Gasteiger partial charge in [0.2, 0.25) is 0 Å². The van der Waals surface area contributed by atoms with Crippen LogP contribution in [0.5, 0.6) is 0 Å². The SMILES string of the molecule is O=c1cc(N2C[C@@H](F)C[C@H]2CO)cnn1Cc1ccccc1. The van der Waals surface area contributed by atoms with Gasteiger partial charge in [0.05, 0.1) is 31.1 Å². The van der Waals surface area contributed by atoms with Crippen molar-refractivity contribution in [3.63, 3.8) is 0 Å². The van der Waals surface area contributed by atoms with Crippen molar-refractivity contribution >= 4 is 5.69 Å². The molecule has 0 unspecified atom stereocenters. The molecule has 1 fully saturated rings. The zero-order valence-electron chi connectivity index (χ0n) is 12.1. The van der Waals surface area contributed by atoms with Crippen LogP contribution in [0.4, 0.5) is 10.1 Å². The zero-order chi connectivity index (χ0) is 15.5. The molecule has 2 heterocycles. The Morgan fingerprint density at radius 1 is 1.32 bits per heavy atom. The molecular weight excluding hydrogens is 285 g/mol. The van der Waals surface area contributed by atoms with Gasteiger partial charge in [0.25, 0.3) is 5.56 Å². The van der Waals surface area contributed by atoms with Gasteiger partial charge in [-0.15, -0.1) is 0 Å². The van der Waals surface area contributed by atoms with E-state index in [1.54, 1.807) is 11.1 Å². The third kappa shape index (κ3) is 3.01. The summed E-state index contributed by atoms with van der Waals surface area (Å²) in [4.78, 5) is 13.9. The minimum absolute atomic E-state index is 0.131. The Balaban J connectivity index is 1.82. The minimum atomic E-state index is -0.982. The molecule has 1 aromatic heterocycles. The van der Waals surface area contributed by atoms with Crippen LogP contribution in [0.25, 0.3) is 0 Å². The third-order valence-corrected chi connectivity index (χ3v) is 3.94. The van der Waals surface area contributed by atoms with Crippen molar-refractivity contribution in [2.24, 2.45) is 0 Å². The van der Waals surface area contributed by atoms with E-state index in [1.807, 2.05) is 30.3 Å². The number of alkyl halides is 1. The number of aliphatic hydroxyl groups excluding tert-OH is 1. The number of rotatable bonds is 4. The second kappa shape index (κ2) is 6.27. The van der Waals surface area contributed by atoms with Crippen LogP contribution in [0.2, 0.25) is 0 Å². The van der Waals surface area contributed by atoms with Crippen LogP contribution >= 0.6 is 0 Å². The van der Waals surface area contributed by atoms with Crippen molar-refractivity contribution in [2.45, 2.75) is 25.2 Å². The van der Waals surface area contributed by atoms with E-state index < -0.39 is 6.17 Å². The summed E-state index contributed by atoms with van der Waals surface area (Å²) >= 11 is 0. The van der Waals surface area contributed by atoms with Crippen molar-refractivity contribution in [3.05, 3.63) is 58.5 Å². The Kier molecular flexibility index (Phi) is 4.20. The molecule has 0 amide bonds. The van der Waals surface area contributed by atoms with Crippen LogP contribution < -0.4 is 10.5 Å². The topological polar surface area (TPSA) is 58.4 Å². The second-order valence-corrected chi connectivity index (χ2v) is 5.52. The first-order chi connectivity index (χ1) is 10.7. The molecule has 1 aromatic carbocycles. The quantitative estimate of drug-likeness (QED) is 0.922. The number of aliphatic hydroxyl groups is 1. The molecule has 0 aliphatic carbocycles. The van der Waals surface area contributed by atoms with Gasteiger partial charge in [-0.3, -0.25) is 4.79 Å². The molecule has 1 saturated heterocycles. The van der Waals surface area contributed by atoms with Crippen molar-refractivity contribution in [1.82, 2.24) is 9.78 Å². The molecule has 2 atom stereocenters. The van der Waals surface area contributed by atoms with E-state index in [9.17, 15) is 14.3 Å². The number of aromatic nitrogens is 2. The van der Waals surface area contributed by atoms with Crippen molar-refractivity contribution in [2.75, 3.05) is 18.1 Å². The molecule has 0 radical (unpaired) electrons. The van der Waals surface area contributed by atoms with Gasteiger partial charge in [0, 0.05) is 19.0 Å². The molecule has 1 N–H and O–H groups in total. The fourth-order valence-corrected chi connectivity index (χ4v) is 2.81. The van der Waals surface area contributed by atoms with E-state index in [1.165, 1.54) is 10.7 Å². The highest BCUT2D eigenvalue weighted by Gasteiger charge is 2.32. The number of benzene rings is 1. The number of nitrogens with zero attached hydrogens (tertiary/aromatic N) is 3. The Hall–Kier alpha value is -2.21. The zero-order valence-corrected chi connectivity index (χ0v) is 12.1. The lowest BCUT2D eigenvalue weighted by Gasteiger charge is -2.24. The maximum Gasteiger partial charge on any atom is 0.269 e. The Labute approximate surface area is 127 Å². The van der Waals surface area contributed by atoms with Crippen molar-refractivity contribution in [3.8, 4) is 0 Å². The summed E-state index contributed by atoms with van der Waals surface area (Å²) in [5.41, 5.74) is 1.32. The minimum Gasteiger partial charge on any atom is -0.394 e. The number of halogens is 1. The Bertz CT molecular complexity index is 689. The smallest absolute Gasteiger partial charge is 0.269 e. The molecule has 116 valence electrons. The van der Waals surface area contributed by atoms with E-state index in [0.717, 1.165) is 5.56 Å². The summed E-state index contributed by atoms with van der Waals surface area (Å²) in [5.74, 6) is 0. The second-order valence-electron chi connectivity index (χ2n) is 5.52. The van der Waals surface area contributed by atoms with Gasteiger partial charge in [0.15, 0.2) is 0 Å².